The van der Waals surface area contributed by atoms with E-state index in [1.807, 2.05) is 19.1 Å². The van der Waals surface area contributed by atoms with E-state index in [2.05, 4.69) is 26.2 Å². The summed E-state index contributed by atoms with van der Waals surface area (Å²) in [4.78, 5) is 12.8. The van der Waals surface area contributed by atoms with Crippen LogP contribution in [-0.2, 0) is 4.74 Å². The van der Waals surface area contributed by atoms with Crippen molar-refractivity contribution in [1.29, 1.82) is 0 Å². The average molecular weight is 386 g/mol. The second-order valence-corrected chi connectivity index (χ2v) is 6.59. The molecule has 1 fully saturated rings. The fourth-order valence-corrected chi connectivity index (χ4v) is 3.20. The number of hydrogen-bond donors (Lipinski definition) is 3. The number of hydrogen-bond acceptors (Lipinski definition) is 7. The molecule has 1 aromatic carbocycles. The van der Waals surface area contributed by atoms with Crippen LogP contribution in [0.5, 0.6) is 0 Å². The van der Waals surface area contributed by atoms with E-state index in [9.17, 15) is 10.2 Å². The third kappa shape index (κ3) is 2.91. The van der Waals surface area contributed by atoms with Gasteiger partial charge in [0.15, 0.2) is 23.2 Å². The fourth-order valence-electron chi connectivity index (χ4n) is 3.03. The number of halogens is 1. The Morgan fingerprint density at radius 1 is 1.26 bits per heavy atom. The topological polar surface area (TPSA) is 105 Å². The number of imidazole rings is 1. The molecule has 0 bridgehead atoms. The van der Waals surface area contributed by atoms with Crippen molar-refractivity contribution in [1.82, 2.24) is 19.5 Å². The van der Waals surface area contributed by atoms with Crippen molar-refractivity contribution in [2.24, 2.45) is 0 Å². The van der Waals surface area contributed by atoms with Crippen LogP contribution in [0.1, 0.15) is 11.8 Å². The summed E-state index contributed by atoms with van der Waals surface area (Å²) in [6, 6.07) is 5.51. The first-order chi connectivity index (χ1) is 13.0. The van der Waals surface area contributed by atoms with E-state index in [1.165, 1.54) is 17.2 Å². The van der Waals surface area contributed by atoms with Gasteiger partial charge in [-0.2, -0.15) is 0 Å². The summed E-state index contributed by atoms with van der Waals surface area (Å²) in [5.41, 5.74) is 2.57. The number of aliphatic hydroxyl groups is 2. The monoisotopic (exact) mass is 385 g/mol. The Bertz CT molecular complexity index is 1050. The molecule has 3 N–H and O–H groups in total. The van der Waals surface area contributed by atoms with Crippen LogP contribution >= 0.6 is 11.6 Å². The predicted octanol–water partition coefficient (Wildman–Crippen LogP) is 1.78. The summed E-state index contributed by atoms with van der Waals surface area (Å²) in [6.45, 7) is 1.89. The van der Waals surface area contributed by atoms with E-state index in [1.54, 1.807) is 6.07 Å². The van der Waals surface area contributed by atoms with Crippen LogP contribution in [0.4, 0.5) is 11.5 Å². The lowest BCUT2D eigenvalue weighted by Crippen LogP contribution is -2.30. The molecule has 3 heterocycles. The van der Waals surface area contributed by atoms with Crippen molar-refractivity contribution in [2.45, 2.75) is 31.5 Å². The molecule has 27 heavy (non-hydrogen) atoms. The van der Waals surface area contributed by atoms with E-state index in [-0.39, 0.29) is 0 Å². The van der Waals surface area contributed by atoms with E-state index >= 15 is 0 Å². The number of aliphatic hydroxyl groups excluding tert-OH is 2. The van der Waals surface area contributed by atoms with Gasteiger partial charge >= 0.3 is 0 Å². The average Bonchev–Trinajstić information content (AvgIpc) is 3.21. The lowest BCUT2D eigenvalue weighted by molar-refractivity contribution is -0.0230. The van der Waals surface area contributed by atoms with Crippen molar-refractivity contribution in [2.75, 3.05) is 5.32 Å². The van der Waals surface area contributed by atoms with Crippen LogP contribution in [0.15, 0.2) is 30.9 Å². The zero-order valence-electron chi connectivity index (χ0n) is 14.2. The summed E-state index contributed by atoms with van der Waals surface area (Å²) < 4.78 is 7.10. The Kier molecular flexibility index (Phi) is 4.45. The zero-order chi connectivity index (χ0) is 19.1. The van der Waals surface area contributed by atoms with Crippen molar-refractivity contribution >= 4 is 34.3 Å². The molecule has 0 saturated carbocycles. The molecule has 9 heteroatoms. The number of rotatable bonds is 3. The minimum Gasteiger partial charge on any atom is -0.386 e. The van der Waals surface area contributed by atoms with Crippen molar-refractivity contribution in [3.63, 3.8) is 0 Å². The SMILES string of the molecule is C#C[C@H]1O[C@@H](n2cnc3c(Nc4cccc(Cl)c4C)ncnc32)[C@H](O)[C@@H]1O. The minimum absolute atomic E-state index is 0.432. The van der Waals surface area contributed by atoms with Gasteiger partial charge in [0.25, 0.3) is 0 Å². The van der Waals surface area contributed by atoms with E-state index in [4.69, 9.17) is 22.8 Å². The number of fused-ring (bicyclic) bond motifs is 1. The van der Waals surface area contributed by atoms with Gasteiger partial charge in [-0.15, -0.1) is 6.42 Å². The third-order valence-corrected chi connectivity index (χ3v) is 4.97. The van der Waals surface area contributed by atoms with Gasteiger partial charge in [0.05, 0.1) is 6.33 Å². The molecule has 3 aromatic rings. The van der Waals surface area contributed by atoms with E-state index in [0.29, 0.717) is 22.0 Å². The van der Waals surface area contributed by atoms with E-state index in [0.717, 1.165) is 11.3 Å². The number of anilines is 2. The summed E-state index contributed by atoms with van der Waals surface area (Å²) in [5.74, 6) is 2.79. The Labute approximate surface area is 159 Å². The molecule has 2 aromatic heterocycles. The molecular formula is C18H16ClN5O3. The number of nitrogens with zero attached hydrogens (tertiary/aromatic N) is 4. The van der Waals surface area contributed by atoms with Crippen LogP contribution in [0, 0.1) is 19.3 Å². The largest absolute Gasteiger partial charge is 0.386 e. The van der Waals surface area contributed by atoms with Gasteiger partial charge in [0.1, 0.15) is 24.6 Å². The van der Waals surface area contributed by atoms with Crippen molar-refractivity contribution < 1.29 is 14.9 Å². The number of nitrogens with one attached hydrogen (secondary N) is 1. The Balaban J connectivity index is 1.73. The molecule has 0 unspecified atom stereocenters. The summed E-state index contributed by atoms with van der Waals surface area (Å²) in [6.07, 6.45) is 3.97. The van der Waals surface area contributed by atoms with Gasteiger partial charge in [-0.25, -0.2) is 15.0 Å². The minimum atomic E-state index is -1.20. The molecule has 1 saturated heterocycles. The highest BCUT2D eigenvalue weighted by Gasteiger charge is 2.43. The van der Waals surface area contributed by atoms with Gasteiger partial charge in [-0.05, 0) is 24.6 Å². The second kappa shape index (κ2) is 6.79. The summed E-state index contributed by atoms with van der Waals surface area (Å²) in [5, 5.41) is 24.1. The standard InChI is InChI=1S/C18H16ClN5O3/c1-3-12-14(25)15(26)18(27-12)24-8-22-13-16(20-7-21-17(13)24)23-11-6-4-5-10(19)9(11)2/h1,4-8,12,14-15,18,25-26H,2H3,(H,20,21,23)/t12-,14-,15-,18-/m1/s1. The molecule has 4 atom stereocenters. The molecule has 1 aliphatic rings. The maximum atomic E-state index is 10.3. The molecule has 138 valence electrons. The van der Waals surface area contributed by atoms with Crippen molar-refractivity contribution in [3.8, 4) is 12.3 Å². The van der Waals surface area contributed by atoms with Crippen LogP contribution in [-0.4, -0.2) is 48.0 Å². The highest BCUT2D eigenvalue weighted by molar-refractivity contribution is 6.31. The van der Waals surface area contributed by atoms with Gasteiger partial charge in [0.2, 0.25) is 0 Å². The normalized spacial score (nSPS) is 24.9. The lowest BCUT2D eigenvalue weighted by atomic mass is 10.1. The second-order valence-electron chi connectivity index (χ2n) is 6.18. The fraction of sp³-hybridized carbons (Fsp3) is 0.278. The first kappa shape index (κ1) is 17.7. The zero-order valence-corrected chi connectivity index (χ0v) is 15.0. The molecule has 4 rings (SSSR count). The highest BCUT2D eigenvalue weighted by Crippen LogP contribution is 2.33. The highest BCUT2D eigenvalue weighted by atomic mass is 35.5. The van der Waals surface area contributed by atoms with Crippen LogP contribution < -0.4 is 5.32 Å². The number of aromatic nitrogens is 4. The lowest BCUT2D eigenvalue weighted by Gasteiger charge is -2.16. The molecule has 0 amide bonds. The van der Waals surface area contributed by atoms with Gasteiger partial charge in [0, 0.05) is 10.7 Å². The van der Waals surface area contributed by atoms with Gasteiger partial charge in [-0.3, -0.25) is 4.57 Å². The first-order valence-corrected chi connectivity index (χ1v) is 8.56. The van der Waals surface area contributed by atoms with Gasteiger partial charge in [-0.1, -0.05) is 23.6 Å². The molecule has 1 aliphatic heterocycles. The smallest absolute Gasteiger partial charge is 0.167 e. The Morgan fingerprint density at radius 2 is 2.07 bits per heavy atom. The quantitative estimate of drug-likeness (QED) is 0.590. The molecule has 8 nitrogen and oxygen atoms in total. The first-order valence-electron chi connectivity index (χ1n) is 8.18. The van der Waals surface area contributed by atoms with Crippen LogP contribution in [0.25, 0.3) is 11.2 Å². The summed E-state index contributed by atoms with van der Waals surface area (Å²) >= 11 is 6.17. The van der Waals surface area contributed by atoms with Crippen LogP contribution in [0.3, 0.4) is 0 Å². The summed E-state index contributed by atoms with van der Waals surface area (Å²) in [7, 11) is 0. The van der Waals surface area contributed by atoms with E-state index < -0.39 is 24.5 Å². The third-order valence-electron chi connectivity index (χ3n) is 4.56. The Hall–Kier alpha value is -2.70. The predicted molar refractivity (Wildman–Crippen MR) is 99.6 cm³/mol. The Morgan fingerprint density at radius 3 is 2.81 bits per heavy atom. The number of terminal acetylenes is 1. The number of benzene rings is 1. The van der Waals surface area contributed by atoms with Crippen LogP contribution in [0.2, 0.25) is 5.02 Å². The molecule has 0 radical (unpaired) electrons. The maximum absolute atomic E-state index is 10.3. The number of ether oxygens (including phenoxy) is 1. The molecular weight excluding hydrogens is 370 g/mol. The van der Waals surface area contributed by atoms with Crippen molar-refractivity contribution in [3.05, 3.63) is 41.4 Å². The van der Waals surface area contributed by atoms with Gasteiger partial charge < -0.3 is 20.3 Å². The maximum Gasteiger partial charge on any atom is 0.167 e. The molecule has 0 aliphatic carbocycles. The molecule has 0 spiro atoms.